The Morgan fingerprint density at radius 3 is 2.90 bits per heavy atom. The fourth-order valence-electron chi connectivity index (χ4n) is 4.79. The maximum Gasteiger partial charge on any atom is 0.191 e. The van der Waals surface area contributed by atoms with Crippen molar-refractivity contribution in [2.45, 2.75) is 63.5 Å². The predicted octanol–water partition coefficient (Wildman–Crippen LogP) is 3.11. The first-order chi connectivity index (χ1) is 14.1. The van der Waals surface area contributed by atoms with Crippen LogP contribution in [0.5, 0.6) is 5.75 Å². The van der Waals surface area contributed by atoms with E-state index in [1.807, 2.05) is 24.7 Å². The summed E-state index contributed by atoms with van der Waals surface area (Å²) in [6.07, 6.45) is 7.02. The summed E-state index contributed by atoms with van der Waals surface area (Å²) in [6, 6.07) is 8.68. The van der Waals surface area contributed by atoms with Gasteiger partial charge >= 0.3 is 0 Å². The topological polar surface area (TPSA) is 76.4 Å². The molecule has 0 radical (unpaired) electrons. The molecular formula is C22H32N6O. The van der Waals surface area contributed by atoms with Gasteiger partial charge in [0.25, 0.3) is 0 Å². The Morgan fingerprint density at radius 2 is 2.14 bits per heavy atom. The smallest absolute Gasteiger partial charge is 0.191 e. The van der Waals surface area contributed by atoms with Crippen molar-refractivity contribution < 1.29 is 4.74 Å². The van der Waals surface area contributed by atoms with Gasteiger partial charge in [0.05, 0.1) is 13.2 Å². The Morgan fingerprint density at radius 1 is 1.31 bits per heavy atom. The first-order valence-electron chi connectivity index (χ1n) is 10.7. The lowest BCUT2D eigenvalue weighted by atomic mass is 9.78. The Bertz CT molecular complexity index is 868. The number of aliphatic imine (C=N–C) groups is 1. The van der Waals surface area contributed by atoms with Crippen molar-refractivity contribution in [2.75, 3.05) is 20.7 Å². The summed E-state index contributed by atoms with van der Waals surface area (Å²) >= 11 is 0. The molecule has 2 N–H and O–H groups in total. The van der Waals surface area contributed by atoms with Crippen LogP contribution in [0.15, 0.2) is 29.3 Å². The van der Waals surface area contributed by atoms with Crippen molar-refractivity contribution in [1.82, 2.24) is 25.4 Å². The van der Waals surface area contributed by atoms with E-state index < -0.39 is 0 Å². The summed E-state index contributed by atoms with van der Waals surface area (Å²) in [5.41, 5.74) is 1.47. The minimum Gasteiger partial charge on any atom is -0.497 e. The summed E-state index contributed by atoms with van der Waals surface area (Å²) in [6.45, 7) is 3.76. The highest BCUT2D eigenvalue weighted by Gasteiger charge is 2.36. The summed E-state index contributed by atoms with van der Waals surface area (Å²) in [5, 5.41) is 11.7. The normalized spacial score (nSPS) is 20.9. The third-order valence-electron chi connectivity index (χ3n) is 6.35. The third kappa shape index (κ3) is 4.09. The molecule has 0 saturated heterocycles. The largest absolute Gasteiger partial charge is 0.497 e. The Hall–Kier alpha value is -2.57. The lowest BCUT2D eigenvalue weighted by Crippen LogP contribution is -2.46. The zero-order chi connectivity index (χ0) is 20.3. The fraction of sp³-hybridized carbons (Fsp3) is 0.591. The second-order valence-corrected chi connectivity index (χ2v) is 8.22. The predicted molar refractivity (Wildman–Crippen MR) is 114 cm³/mol. The molecular weight excluding hydrogens is 364 g/mol. The van der Waals surface area contributed by atoms with E-state index in [-0.39, 0.29) is 11.5 Å². The number of benzene rings is 1. The summed E-state index contributed by atoms with van der Waals surface area (Å²) in [4.78, 5) is 9.12. The number of ether oxygens (including phenoxy) is 1. The highest BCUT2D eigenvalue weighted by Crippen LogP contribution is 2.41. The molecule has 4 rings (SSSR count). The van der Waals surface area contributed by atoms with Crippen LogP contribution in [0.3, 0.4) is 0 Å². The van der Waals surface area contributed by atoms with Gasteiger partial charge in [0.15, 0.2) is 5.96 Å². The average molecular weight is 397 g/mol. The number of fused-ring (bicyclic) bond motifs is 1. The Labute approximate surface area is 173 Å². The van der Waals surface area contributed by atoms with Crippen LogP contribution >= 0.6 is 0 Å². The second-order valence-electron chi connectivity index (χ2n) is 8.22. The zero-order valence-electron chi connectivity index (χ0n) is 17.7. The van der Waals surface area contributed by atoms with Gasteiger partial charge < -0.3 is 15.4 Å². The van der Waals surface area contributed by atoms with Crippen molar-refractivity contribution in [3.05, 3.63) is 41.5 Å². The number of rotatable bonds is 5. The maximum atomic E-state index is 5.47. The molecule has 7 nitrogen and oxygen atoms in total. The van der Waals surface area contributed by atoms with Gasteiger partial charge in [-0.05, 0) is 50.3 Å². The fourth-order valence-corrected chi connectivity index (χ4v) is 4.79. The van der Waals surface area contributed by atoms with Crippen LogP contribution in [-0.2, 0) is 12.0 Å². The number of aromatic nitrogens is 3. The molecule has 1 aliphatic carbocycles. The van der Waals surface area contributed by atoms with Crippen LogP contribution in [0, 0.1) is 6.92 Å². The van der Waals surface area contributed by atoms with E-state index in [0.29, 0.717) is 0 Å². The SMILES string of the molecule is CN=C(NCC1(c2cccc(OC)c2)CCCC1)NC1CCCn2nc(C)nc21. The van der Waals surface area contributed by atoms with E-state index in [0.717, 1.165) is 49.3 Å². The highest BCUT2D eigenvalue weighted by molar-refractivity contribution is 5.80. The first-order valence-corrected chi connectivity index (χ1v) is 10.7. The van der Waals surface area contributed by atoms with Gasteiger partial charge in [-0.3, -0.25) is 4.99 Å². The molecule has 0 spiro atoms. The minimum atomic E-state index is 0.120. The van der Waals surface area contributed by atoms with Crippen molar-refractivity contribution in [3.63, 3.8) is 0 Å². The monoisotopic (exact) mass is 396 g/mol. The average Bonchev–Trinajstić information content (AvgIpc) is 3.38. The van der Waals surface area contributed by atoms with E-state index >= 15 is 0 Å². The number of aryl methyl sites for hydroxylation is 2. The molecule has 1 saturated carbocycles. The molecule has 1 atom stereocenters. The Balaban J connectivity index is 1.47. The number of hydrogen-bond donors (Lipinski definition) is 2. The van der Waals surface area contributed by atoms with E-state index in [9.17, 15) is 0 Å². The van der Waals surface area contributed by atoms with E-state index in [4.69, 9.17) is 4.74 Å². The van der Waals surface area contributed by atoms with Crippen molar-refractivity contribution in [2.24, 2.45) is 4.99 Å². The summed E-state index contributed by atoms with van der Waals surface area (Å²) < 4.78 is 7.50. The molecule has 29 heavy (non-hydrogen) atoms. The van der Waals surface area contributed by atoms with E-state index in [2.05, 4.69) is 43.9 Å². The molecule has 1 unspecified atom stereocenters. The molecule has 2 heterocycles. The van der Waals surface area contributed by atoms with Gasteiger partial charge in [-0.2, -0.15) is 5.10 Å². The highest BCUT2D eigenvalue weighted by atomic mass is 16.5. The molecule has 0 amide bonds. The first kappa shape index (κ1) is 19.7. The molecule has 2 aliphatic rings. The van der Waals surface area contributed by atoms with Gasteiger partial charge in [0.1, 0.15) is 17.4 Å². The number of guanidine groups is 1. The molecule has 1 aromatic heterocycles. The quantitative estimate of drug-likeness (QED) is 0.600. The summed E-state index contributed by atoms with van der Waals surface area (Å²) in [7, 11) is 3.57. The minimum absolute atomic E-state index is 0.120. The van der Waals surface area contributed by atoms with Crippen LogP contribution in [0.4, 0.5) is 0 Å². The molecule has 1 aliphatic heterocycles. The zero-order valence-corrected chi connectivity index (χ0v) is 17.7. The molecule has 1 aromatic carbocycles. The summed E-state index contributed by atoms with van der Waals surface area (Å²) in [5.74, 6) is 3.60. The van der Waals surface area contributed by atoms with Gasteiger partial charge in [0.2, 0.25) is 0 Å². The number of nitrogens with zero attached hydrogens (tertiary/aromatic N) is 4. The van der Waals surface area contributed by atoms with Gasteiger partial charge in [-0.1, -0.05) is 25.0 Å². The lowest BCUT2D eigenvalue weighted by molar-refractivity contribution is 0.390. The van der Waals surface area contributed by atoms with Crippen molar-refractivity contribution >= 4 is 5.96 Å². The molecule has 156 valence electrons. The van der Waals surface area contributed by atoms with Crippen molar-refractivity contribution in [3.8, 4) is 5.75 Å². The van der Waals surface area contributed by atoms with Crippen molar-refractivity contribution in [1.29, 1.82) is 0 Å². The molecule has 0 bridgehead atoms. The van der Waals surface area contributed by atoms with Gasteiger partial charge in [0, 0.05) is 25.6 Å². The number of nitrogens with one attached hydrogen (secondary N) is 2. The third-order valence-corrected chi connectivity index (χ3v) is 6.35. The number of methoxy groups -OCH3 is 1. The molecule has 1 fully saturated rings. The molecule has 7 heteroatoms. The van der Waals surface area contributed by atoms with Crippen LogP contribution in [0.25, 0.3) is 0 Å². The van der Waals surface area contributed by atoms with Gasteiger partial charge in [-0.15, -0.1) is 0 Å². The van der Waals surface area contributed by atoms with E-state index in [1.54, 1.807) is 7.11 Å². The van der Waals surface area contributed by atoms with Crippen LogP contribution in [0.1, 0.15) is 61.8 Å². The molecule has 2 aromatic rings. The Kier molecular flexibility index (Phi) is 5.74. The van der Waals surface area contributed by atoms with E-state index in [1.165, 1.54) is 31.2 Å². The maximum absolute atomic E-state index is 5.47. The van der Waals surface area contributed by atoms with Crippen LogP contribution in [0.2, 0.25) is 0 Å². The number of hydrogen-bond acceptors (Lipinski definition) is 4. The van der Waals surface area contributed by atoms with Crippen LogP contribution < -0.4 is 15.4 Å². The standard InChI is InChI=1S/C22H32N6O/c1-16-25-20-19(10-7-13-28(20)27-16)26-21(23-2)24-15-22(11-4-5-12-22)17-8-6-9-18(14-17)29-3/h6,8-9,14,19H,4-5,7,10-13,15H2,1-3H3,(H2,23,24,26). The van der Waals surface area contributed by atoms with Crippen LogP contribution in [-0.4, -0.2) is 41.4 Å². The van der Waals surface area contributed by atoms with Gasteiger partial charge in [-0.25, -0.2) is 9.67 Å². The lowest BCUT2D eigenvalue weighted by Gasteiger charge is -2.32. The second kappa shape index (κ2) is 8.43.